The number of rotatable bonds is 9. The first kappa shape index (κ1) is 28.8. The third-order valence-electron chi connectivity index (χ3n) is 8.01. The van der Waals surface area contributed by atoms with Gasteiger partial charge in [-0.25, -0.2) is 8.42 Å². The highest BCUT2D eigenvalue weighted by Crippen LogP contribution is 2.52. The van der Waals surface area contributed by atoms with Crippen LogP contribution in [0.15, 0.2) is 138 Å². The molecule has 1 fully saturated rings. The molecule has 0 radical (unpaired) electrons. The number of nitrogens with zero attached hydrogens (tertiary/aromatic N) is 3. The van der Waals surface area contributed by atoms with E-state index in [9.17, 15) is 18.7 Å². The zero-order valence-electron chi connectivity index (χ0n) is 23.2. The average Bonchev–Trinajstić information content (AvgIpc) is 3.49. The van der Waals surface area contributed by atoms with Gasteiger partial charge in [-0.1, -0.05) is 121 Å². The van der Waals surface area contributed by atoms with E-state index in [1.807, 2.05) is 78.9 Å². The molecule has 1 aliphatic rings. The minimum atomic E-state index is -4.06. The summed E-state index contributed by atoms with van der Waals surface area (Å²) in [6.45, 7) is 0.131. The van der Waals surface area contributed by atoms with Gasteiger partial charge >= 0.3 is 5.71 Å². The standard InChI is InChI=1S/C35H29N3O3S2/c36-37-33(25-39)34-23-31(24-38(34)43(40,41)32-21-20-26-12-10-11-13-27(26)22-32)42-35(28-14-4-1-5-15-28,29-16-6-2-7-17-29)30-18-8-3-9-19-30/h1-22,25,31,34H,23-24H2/t31-,34+/m1/s1. The average molecular weight is 604 g/mol. The van der Waals surface area contributed by atoms with Gasteiger partial charge in [-0.05, 0) is 46.0 Å². The van der Waals surface area contributed by atoms with Crippen molar-refractivity contribution in [2.75, 3.05) is 6.54 Å². The third-order valence-corrected chi connectivity index (χ3v) is 11.6. The van der Waals surface area contributed by atoms with Crippen LogP contribution < -0.4 is 0 Å². The van der Waals surface area contributed by atoms with Gasteiger partial charge in [-0.2, -0.15) is 9.10 Å². The lowest BCUT2D eigenvalue weighted by Gasteiger charge is -2.37. The van der Waals surface area contributed by atoms with Crippen LogP contribution in [0.1, 0.15) is 23.1 Å². The number of carbonyl (C=O) groups excluding carboxylic acids is 1. The number of sulfonamides is 1. The molecule has 43 heavy (non-hydrogen) atoms. The number of hydrogen-bond donors (Lipinski definition) is 0. The Kier molecular flexibility index (Phi) is 8.10. The van der Waals surface area contributed by atoms with E-state index < -0.39 is 20.8 Å². The number of aldehydes is 1. The lowest BCUT2D eigenvalue weighted by Crippen LogP contribution is -2.41. The topological polar surface area (TPSA) is 90.8 Å². The van der Waals surface area contributed by atoms with Crippen molar-refractivity contribution in [1.82, 2.24) is 4.31 Å². The molecule has 1 heterocycles. The van der Waals surface area contributed by atoms with E-state index in [4.69, 9.17) is 0 Å². The van der Waals surface area contributed by atoms with Crippen LogP contribution in [-0.2, 0) is 19.6 Å². The van der Waals surface area contributed by atoms with Crippen molar-refractivity contribution < 1.29 is 18.0 Å². The van der Waals surface area contributed by atoms with Crippen molar-refractivity contribution in [3.63, 3.8) is 0 Å². The highest BCUT2D eigenvalue weighted by atomic mass is 32.2. The smallest absolute Gasteiger partial charge is 0.349 e. The molecule has 8 heteroatoms. The SMILES string of the molecule is [N-]=[N+]=C(C=O)[C@@H]1C[C@@H](SC(c2ccccc2)(c2ccccc2)c2ccccc2)CN1S(=O)(=O)c1ccc2ccccc2c1. The summed E-state index contributed by atoms with van der Waals surface area (Å²) in [6.07, 6.45) is 0.739. The van der Waals surface area contributed by atoms with Crippen molar-refractivity contribution in [3.8, 4) is 0 Å². The van der Waals surface area contributed by atoms with Gasteiger partial charge in [0.2, 0.25) is 16.3 Å². The summed E-state index contributed by atoms with van der Waals surface area (Å²) in [6, 6.07) is 42.2. The maximum absolute atomic E-state index is 14.2. The van der Waals surface area contributed by atoms with Gasteiger partial charge in [-0.3, -0.25) is 4.79 Å². The molecule has 214 valence electrons. The number of benzene rings is 5. The minimum absolute atomic E-state index is 0.130. The van der Waals surface area contributed by atoms with Gasteiger partial charge in [0.25, 0.3) is 0 Å². The number of carbonyl (C=O) groups is 1. The lowest BCUT2D eigenvalue weighted by atomic mass is 9.84. The molecule has 0 amide bonds. The molecule has 1 aliphatic heterocycles. The van der Waals surface area contributed by atoms with Crippen LogP contribution in [0.3, 0.4) is 0 Å². The lowest BCUT2D eigenvalue weighted by molar-refractivity contribution is -0.107. The zero-order valence-corrected chi connectivity index (χ0v) is 24.9. The molecule has 0 aliphatic carbocycles. The second-order valence-corrected chi connectivity index (χ2v) is 13.9. The molecule has 0 saturated carbocycles. The summed E-state index contributed by atoms with van der Waals surface area (Å²) < 4.78 is 29.1. The van der Waals surface area contributed by atoms with Crippen molar-refractivity contribution in [1.29, 1.82) is 0 Å². The van der Waals surface area contributed by atoms with Crippen LogP contribution in [0.2, 0.25) is 0 Å². The number of hydrogen-bond acceptors (Lipinski definition) is 4. The predicted octanol–water partition coefficient (Wildman–Crippen LogP) is 6.57. The highest BCUT2D eigenvalue weighted by Gasteiger charge is 2.49. The molecule has 6 nitrogen and oxygen atoms in total. The summed E-state index contributed by atoms with van der Waals surface area (Å²) in [5, 5.41) is 1.47. The van der Waals surface area contributed by atoms with Crippen LogP contribution in [-0.4, -0.2) is 47.3 Å². The third kappa shape index (κ3) is 5.35. The fourth-order valence-electron chi connectivity index (χ4n) is 5.99. The number of fused-ring (bicyclic) bond motifs is 1. The van der Waals surface area contributed by atoms with Gasteiger partial charge in [-0.15, -0.1) is 11.8 Å². The Morgan fingerprint density at radius 2 is 1.28 bits per heavy atom. The van der Waals surface area contributed by atoms with E-state index in [1.165, 1.54) is 4.31 Å². The summed E-state index contributed by atoms with van der Waals surface area (Å²) >= 11 is 1.66. The van der Waals surface area contributed by atoms with Crippen LogP contribution >= 0.6 is 11.8 Å². The molecular weight excluding hydrogens is 575 g/mol. The van der Waals surface area contributed by atoms with Gasteiger partial charge in [0.05, 0.1) is 9.64 Å². The molecule has 0 N–H and O–H groups in total. The Morgan fingerprint density at radius 3 is 1.79 bits per heavy atom. The first-order valence-corrected chi connectivity index (χ1v) is 16.3. The van der Waals surface area contributed by atoms with Gasteiger partial charge in [0, 0.05) is 11.8 Å². The Bertz CT molecular complexity index is 1810. The van der Waals surface area contributed by atoms with E-state index in [1.54, 1.807) is 30.0 Å². The molecule has 5 aromatic rings. The predicted molar refractivity (Wildman–Crippen MR) is 172 cm³/mol. The van der Waals surface area contributed by atoms with E-state index in [0.29, 0.717) is 12.7 Å². The van der Waals surface area contributed by atoms with Gasteiger partial charge in [0.1, 0.15) is 6.04 Å². The fourth-order valence-corrected chi connectivity index (χ4v) is 9.61. The minimum Gasteiger partial charge on any atom is -0.361 e. The van der Waals surface area contributed by atoms with Crippen LogP contribution in [0.4, 0.5) is 0 Å². The second-order valence-electron chi connectivity index (χ2n) is 10.5. The summed E-state index contributed by atoms with van der Waals surface area (Å²) in [5.41, 5.74) is 12.7. The van der Waals surface area contributed by atoms with Crippen molar-refractivity contribution in [2.24, 2.45) is 0 Å². The van der Waals surface area contributed by atoms with Crippen LogP contribution in [0, 0.1) is 0 Å². The molecule has 1 saturated heterocycles. The summed E-state index contributed by atoms with van der Waals surface area (Å²) in [5.74, 6) is 0. The summed E-state index contributed by atoms with van der Waals surface area (Å²) in [4.78, 5) is 15.4. The van der Waals surface area contributed by atoms with Gasteiger partial charge in [0.15, 0.2) is 0 Å². The Morgan fingerprint density at radius 1 is 0.767 bits per heavy atom. The highest BCUT2D eigenvalue weighted by molar-refractivity contribution is 8.01. The molecule has 0 aromatic heterocycles. The Balaban J connectivity index is 1.47. The number of thioether (sulfide) groups is 1. The van der Waals surface area contributed by atoms with Crippen molar-refractivity contribution >= 4 is 44.6 Å². The Hall–Kier alpha value is -4.33. The van der Waals surface area contributed by atoms with E-state index in [0.717, 1.165) is 27.5 Å². The van der Waals surface area contributed by atoms with E-state index >= 15 is 0 Å². The molecule has 5 aromatic carbocycles. The molecule has 2 atom stereocenters. The normalized spacial score (nSPS) is 17.4. The molecule has 6 rings (SSSR count). The maximum Gasteiger partial charge on any atom is 0.349 e. The Labute approximate surface area is 255 Å². The monoisotopic (exact) mass is 603 g/mol. The fraction of sp³-hybridized carbons (Fsp3) is 0.143. The van der Waals surface area contributed by atoms with E-state index in [2.05, 4.69) is 41.2 Å². The molecule has 0 bridgehead atoms. The first-order chi connectivity index (χ1) is 21.0. The quantitative estimate of drug-likeness (QED) is 0.0627. The van der Waals surface area contributed by atoms with Crippen LogP contribution in [0.25, 0.3) is 16.3 Å². The summed E-state index contributed by atoms with van der Waals surface area (Å²) in [7, 11) is -4.06. The zero-order chi connectivity index (χ0) is 29.9. The largest absolute Gasteiger partial charge is 0.361 e. The molecule has 0 unspecified atom stereocenters. The van der Waals surface area contributed by atoms with Crippen molar-refractivity contribution in [3.05, 3.63) is 156 Å². The van der Waals surface area contributed by atoms with Crippen molar-refractivity contribution in [2.45, 2.75) is 27.4 Å². The molecular formula is C35H29N3O3S2. The first-order valence-electron chi connectivity index (χ1n) is 14.0. The second kappa shape index (κ2) is 12.1. The maximum atomic E-state index is 14.2. The van der Waals surface area contributed by atoms with Crippen LogP contribution in [0.5, 0.6) is 0 Å². The molecule has 0 spiro atoms. The van der Waals surface area contributed by atoms with Gasteiger partial charge < -0.3 is 5.53 Å². The van der Waals surface area contributed by atoms with E-state index in [-0.39, 0.29) is 22.4 Å².